The molecule has 0 radical (unpaired) electrons. The van der Waals surface area contributed by atoms with E-state index in [1.807, 2.05) is 51.1 Å². The molecule has 0 spiro atoms. The highest BCUT2D eigenvalue weighted by molar-refractivity contribution is 6.46. The van der Waals surface area contributed by atoms with E-state index >= 15 is 0 Å². The Morgan fingerprint density at radius 1 is 1.16 bits per heavy atom. The van der Waals surface area contributed by atoms with Gasteiger partial charge in [0.15, 0.2) is 0 Å². The van der Waals surface area contributed by atoms with E-state index in [2.05, 4.69) is 0 Å². The Hall–Kier alpha value is -3.12. The van der Waals surface area contributed by atoms with Crippen molar-refractivity contribution >= 4 is 17.4 Å². The molecule has 6 nitrogen and oxygen atoms in total. The summed E-state index contributed by atoms with van der Waals surface area (Å²) in [6, 6.07) is 10.7. The van der Waals surface area contributed by atoms with Crippen molar-refractivity contribution in [2.45, 2.75) is 45.8 Å². The number of aliphatic hydroxyl groups excluding tert-OH is 1. The number of benzene rings is 2. The van der Waals surface area contributed by atoms with Gasteiger partial charge in [0.25, 0.3) is 11.7 Å². The predicted molar refractivity (Wildman–Crippen MR) is 122 cm³/mol. The molecule has 168 valence electrons. The van der Waals surface area contributed by atoms with Gasteiger partial charge in [0.05, 0.1) is 24.8 Å². The van der Waals surface area contributed by atoms with Crippen molar-refractivity contribution in [1.29, 1.82) is 0 Å². The molecule has 2 unspecified atom stereocenters. The Kier molecular flexibility index (Phi) is 6.07. The molecule has 32 heavy (non-hydrogen) atoms. The minimum Gasteiger partial charge on any atom is -0.507 e. The van der Waals surface area contributed by atoms with Crippen LogP contribution in [0.3, 0.4) is 0 Å². The molecule has 0 saturated carbocycles. The largest absolute Gasteiger partial charge is 0.507 e. The second-order valence-corrected chi connectivity index (χ2v) is 8.64. The van der Waals surface area contributed by atoms with E-state index in [9.17, 15) is 14.7 Å². The van der Waals surface area contributed by atoms with E-state index < -0.39 is 17.7 Å². The molecule has 1 N–H and O–H groups in total. The summed E-state index contributed by atoms with van der Waals surface area (Å²) in [5.41, 5.74) is 4.05. The first-order valence-corrected chi connectivity index (χ1v) is 10.9. The minimum atomic E-state index is -0.667. The van der Waals surface area contributed by atoms with Crippen molar-refractivity contribution in [3.8, 4) is 5.75 Å². The van der Waals surface area contributed by atoms with Gasteiger partial charge in [-0.1, -0.05) is 29.8 Å². The number of amides is 1. The molecule has 2 saturated heterocycles. The molecule has 1 amide bonds. The smallest absolute Gasteiger partial charge is 0.295 e. The third-order valence-corrected chi connectivity index (χ3v) is 6.32. The number of hydrogen-bond donors (Lipinski definition) is 1. The summed E-state index contributed by atoms with van der Waals surface area (Å²) in [7, 11) is 1.59. The van der Waals surface area contributed by atoms with Crippen LogP contribution in [0.4, 0.5) is 0 Å². The Bertz CT molecular complexity index is 1100. The average molecular weight is 436 g/mol. The molecular formula is C26H29NO5. The molecular weight excluding hydrogens is 406 g/mol. The van der Waals surface area contributed by atoms with Gasteiger partial charge in [0.1, 0.15) is 11.5 Å². The van der Waals surface area contributed by atoms with E-state index in [0.29, 0.717) is 24.5 Å². The number of carbonyl (C=O) groups excluding carboxylic acids is 2. The lowest BCUT2D eigenvalue weighted by Gasteiger charge is -2.27. The van der Waals surface area contributed by atoms with Crippen molar-refractivity contribution < 1.29 is 24.2 Å². The monoisotopic (exact) mass is 435 g/mol. The number of methoxy groups -OCH3 is 1. The summed E-state index contributed by atoms with van der Waals surface area (Å²) in [5.74, 6) is -0.725. The number of Topliss-reactive ketones (excluding diaryl/α,β-unsaturated/α-hetero) is 1. The van der Waals surface area contributed by atoms with Crippen molar-refractivity contribution in [2.75, 3.05) is 20.3 Å². The van der Waals surface area contributed by atoms with Crippen LogP contribution in [0.5, 0.6) is 5.75 Å². The normalized spacial score (nSPS) is 22.6. The Morgan fingerprint density at radius 2 is 1.94 bits per heavy atom. The summed E-state index contributed by atoms with van der Waals surface area (Å²) in [6.07, 6.45) is 1.68. The van der Waals surface area contributed by atoms with Crippen LogP contribution in [0.25, 0.3) is 5.76 Å². The van der Waals surface area contributed by atoms with Crippen LogP contribution in [-0.4, -0.2) is 48.1 Å². The van der Waals surface area contributed by atoms with E-state index in [1.54, 1.807) is 18.1 Å². The van der Waals surface area contributed by atoms with Gasteiger partial charge in [-0.15, -0.1) is 0 Å². The molecule has 2 aromatic carbocycles. The zero-order valence-corrected chi connectivity index (χ0v) is 19.0. The fourth-order valence-corrected chi connectivity index (χ4v) is 4.67. The second-order valence-electron chi connectivity index (χ2n) is 8.64. The van der Waals surface area contributed by atoms with E-state index in [-0.39, 0.29) is 17.4 Å². The molecule has 0 bridgehead atoms. The fourth-order valence-electron chi connectivity index (χ4n) is 4.67. The highest BCUT2D eigenvalue weighted by atomic mass is 16.5. The molecule has 2 heterocycles. The summed E-state index contributed by atoms with van der Waals surface area (Å²) in [5, 5.41) is 11.4. The molecule has 2 aromatic rings. The van der Waals surface area contributed by atoms with Gasteiger partial charge < -0.3 is 19.5 Å². The molecule has 0 aliphatic carbocycles. The van der Waals surface area contributed by atoms with Gasteiger partial charge in [0, 0.05) is 18.7 Å². The number of ketones is 1. The van der Waals surface area contributed by atoms with Crippen LogP contribution in [0.15, 0.2) is 42.0 Å². The maximum atomic E-state index is 13.2. The number of aliphatic hydroxyl groups is 1. The number of carbonyl (C=O) groups is 2. The van der Waals surface area contributed by atoms with Crippen molar-refractivity contribution in [3.05, 3.63) is 69.8 Å². The lowest BCUT2D eigenvalue weighted by atomic mass is 9.92. The first kappa shape index (κ1) is 22.1. The first-order valence-electron chi connectivity index (χ1n) is 10.9. The summed E-state index contributed by atoms with van der Waals surface area (Å²) < 4.78 is 11.1. The first-order chi connectivity index (χ1) is 15.3. The third-order valence-electron chi connectivity index (χ3n) is 6.32. The van der Waals surface area contributed by atoms with Crippen LogP contribution in [0.2, 0.25) is 0 Å². The lowest BCUT2D eigenvalue weighted by molar-refractivity contribution is -0.140. The third kappa shape index (κ3) is 3.91. The van der Waals surface area contributed by atoms with Crippen molar-refractivity contribution in [3.63, 3.8) is 0 Å². The highest BCUT2D eigenvalue weighted by Crippen LogP contribution is 2.41. The standard InChI is InChI=1S/C26H29NO5/c1-15-7-5-8-18(11-15)23-22(24(28)20-12-17(3)21(31-4)13-16(20)2)25(29)26(30)27(23)14-19-9-6-10-32-19/h5,7-8,11-13,19,23,28H,6,9-10,14H2,1-4H3/b24-22+. The number of nitrogens with zero attached hydrogens (tertiary/aromatic N) is 1. The molecule has 2 aliphatic heterocycles. The van der Waals surface area contributed by atoms with E-state index in [4.69, 9.17) is 9.47 Å². The second kappa shape index (κ2) is 8.79. The van der Waals surface area contributed by atoms with Gasteiger partial charge in [-0.2, -0.15) is 0 Å². The molecule has 2 aliphatic rings. The van der Waals surface area contributed by atoms with Gasteiger partial charge in [-0.25, -0.2) is 0 Å². The summed E-state index contributed by atoms with van der Waals surface area (Å²) >= 11 is 0. The summed E-state index contributed by atoms with van der Waals surface area (Å²) in [6.45, 7) is 6.67. The van der Waals surface area contributed by atoms with Gasteiger partial charge >= 0.3 is 0 Å². The maximum absolute atomic E-state index is 13.2. The van der Waals surface area contributed by atoms with Gasteiger partial charge in [-0.05, 0) is 62.4 Å². The number of likely N-dealkylation sites (tertiary alicyclic amines) is 1. The SMILES string of the molecule is COc1cc(C)c(/C(O)=C2\C(=O)C(=O)N(CC3CCCO3)C2c2cccc(C)c2)cc1C. The highest BCUT2D eigenvalue weighted by Gasteiger charge is 2.47. The molecule has 2 fully saturated rings. The van der Waals surface area contributed by atoms with Crippen LogP contribution in [0, 0.1) is 20.8 Å². The topological polar surface area (TPSA) is 76.1 Å². The van der Waals surface area contributed by atoms with Crippen LogP contribution in [-0.2, 0) is 14.3 Å². The number of hydrogen-bond acceptors (Lipinski definition) is 5. The zero-order chi connectivity index (χ0) is 23.0. The van der Waals surface area contributed by atoms with Gasteiger partial charge in [-0.3, -0.25) is 9.59 Å². The quantitative estimate of drug-likeness (QED) is 0.432. The molecule has 2 atom stereocenters. The van der Waals surface area contributed by atoms with Crippen LogP contribution in [0.1, 0.15) is 46.7 Å². The average Bonchev–Trinajstić information content (AvgIpc) is 3.37. The Morgan fingerprint density at radius 3 is 2.59 bits per heavy atom. The number of ether oxygens (including phenoxy) is 2. The lowest BCUT2D eigenvalue weighted by Crippen LogP contribution is -2.36. The molecule has 6 heteroatoms. The number of rotatable bonds is 5. The van der Waals surface area contributed by atoms with Crippen LogP contribution < -0.4 is 4.74 Å². The van der Waals surface area contributed by atoms with Crippen molar-refractivity contribution in [2.24, 2.45) is 0 Å². The Balaban J connectivity index is 1.87. The fraction of sp³-hybridized carbons (Fsp3) is 0.385. The summed E-state index contributed by atoms with van der Waals surface area (Å²) in [4.78, 5) is 27.9. The Labute approximate surface area is 188 Å². The molecule has 4 rings (SSSR count). The minimum absolute atomic E-state index is 0.106. The zero-order valence-electron chi connectivity index (χ0n) is 19.0. The predicted octanol–water partition coefficient (Wildman–Crippen LogP) is 4.22. The molecule has 0 aromatic heterocycles. The number of aryl methyl sites for hydroxylation is 3. The van der Waals surface area contributed by atoms with E-state index in [1.165, 1.54) is 0 Å². The van der Waals surface area contributed by atoms with E-state index in [0.717, 1.165) is 35.1 Å². The van der Waals surface area contributed by atoms with Crippen molar-refractivity contribution in [1.82, 2.24) is 4.90 Å². The maximum Gasteiger partial charge on any atom is 0.295 e. The van der Waals surface area contributed by atoms with Crippen LogP contribution >= 0.6 is 0 Å². The van der Waals surface area contributed by atoms with Gasteiger partial charge in [0.2, 0.25) is 0 Å².